The Hall–Kier alpha value is -0.240. The van der Waals surface area contributed by atoms with Crippen molar-refractivity contribution < 1.29 is 30.3 Å². The van der Waals surface area contributed by atoms with Crippen LogP contribution in [0.2, 0.25) is 0 Å². The van der Waals surface area contributed by atoms with Crippen LogP contribution in [-0.2, 0) is 4.74 Å². The second kappa shape index (κ2) is 3.49. The number of hydrogen-bond donors (Lipinski definition) is 5. The van der Waals surface area contributed by atoms with Gasteiger partial charge in [0, 0.05) is 0 Å². The van der Waals surface area contributed by atoms with E-state index in [0.717, 1.165) is 0 Å². The maximum absolute atomic E-state index is 9.41. The molecule has 5 atom stereocenters. The molecule has 0 aromatic heterocycles. The summed E-state index contributed by atoms with van der Waals surface area (Å²) in [7, 11) is 0. The van der Waals surface area contributed by atoms with E-state index in [1.165, 1.54) is 6.92 Å². The summed E-state index contributed by atoms with van der Waals surface area (Å²) in [5, 5.41) is 45.8. The number of ether oxygens (including phenoxy) is 1. The molecule has 1 unspecified atom stereocenters. The quantitative estimate of drug-likeness (QED) is 0.288. The highest BCUT2D eigenvalue weighted by molar-refractivity contribution is 4.94. The van der Waals surface area contributed by atoms with Gasteiger partial charge in [-0.15, -0.1) is 0 Å². The Morgan fingerprint density at radius 2 is 1.77 bits per heavy atom. The average molecular weight is 195 g/mol. The smallest absolute Gasteiger partial charge is 0.219 e. The van der Waals surface area contributed by atoms with Crippen LogP contribution >= 0.6 is 0 Å². The average Bonchev–Trinajstić information content (AvgIpc) is 2.12. The van der Waals surface area contributed by atoms with E-state index in [1.54, 1.807) is 0 Å². The molecule has 6 heteroatoms. The Morgan fingerprint density at radius 1 is 1.23 bits per heavy atom. The first kappa shape index (κ1) is 10.8. The minimum atomic E-state index is -2.20. The topological polar surface area (TPSA) is 110 Å². The predicted octanol–water partition coefficient (Wildman–Crippen LogP) is -2.83. The molecular weight excluding hydrogens is 181 g/mol. The first-order valence-corrected chi connectivity index (χ1v) is 3.97. The van der Waals surface area contributed by atoms with Crippen LogP contribution in [0, 0.1) is 0 Å². The second-order valence-electron chi connectivity index (χ2n) is 3.25. The molecule has 0 radical (unpaired) electrons. The molecule has 5 N–H and O–H groups in total. The van der Waals surface area contributed by atoms with Crippen molar-refractivity contribution in [2.24, 2.45) is 0 Å². The van der Waals surface area contributed by atoms with Crippen molar-refractivity contribution in [2.75, 3.05) is 6.61 Å². The maximum Gasteiger partial charge on any atom is 0.219 e. The van der Waals surface area contributed by atoms with Gasteiger partial charge in [0.05, 0.1) is 12.7 Å². The highest BCUT2D eigenvalue weighted by Gasteiger charge is 2.51. The molecule has 1 heterocycles. The van der Waals surface area contributed by atoms with Gasteiger partial charge in [-0.05, 0) is 6.92 Å². The van der Waals surface area contributed by atoms with Gasteiger partial charge in [0.1, 0.15) is 18.3 Å². The van der Waals surface area contributed by atoms with E-state index in [2.05, 4.69) is 0 Å². The van der Waals surface area contributed by atoms with E-state index in [0.29, 0.717) is 0 Å². The zero-order valence-corrected chi connectivity index (χ0v) is 7.16. The van der Waals surface area contributed by atoms with Crippen molar-refractivity contribution in [3.63, 3.8) is 0 Å². The molecular formula is C7H14O6. The van der Waals surface area contributed by atoms with Crippen molar-refractivity contribution in [1.29, 1.82) is 0 Å². The number of rotatable bonds is 1. The molecule has 0 saturated carbocycles. The monoisotopic (exact) mass is 195 g/mol. The van der Waals surface area contributed by atoms with E-state index in [1.807, 2.05) is 0 Å². The number of aliphatic hydroxyl groups is 5. The Bertz CT molecular complexity index is 186. The molecule has 13 heavy (non-hydrogen) atoms. The van der Waals surface area contributed by atoms with Crippen LogP contribution < -0.4 is 0 Å². The van der Waals surface area contributed by atoms with Crippen LogP contribution in [0.5, 0.6) is 0 Å². The fourth-order valence-corrected chi connectivity index (χ4v) is 1.32. The predicted molar refractivity (Wildman–Crippen MR) is 40.6 cm³/mol. The summed E-state index contributed by atoms with van der Waals surface area (Å²) in [6.45, 7) is 0.572. The zero-order chi connectivity index (χ0) is 10.2. The molecule has 0 spiro atoms. The summed E-state index contributed by atoms with van der Waals surface area (Å²) in [4.78, 5) is 0. The third kappa shape index (κ3) is 1.69. The van der Waals surface area contributed by atoms with Crippen molar-refractivity contribution in [3.05, 3.63) is 0 Å². The lowest BCUT2D eigenvalue weighted by molar-refractivity contribution is -0.351. The molecule has 1 saturated heterocycles. The maximum atomic E-state index is 9.41. The molecule has 0 aromatic carbocycles. The molecule has 0 amide bonds. The second-order valence-corrected chi connectivity index (χ2v) is 3.25. The first-order chi connectivity index (χ1) is 5.92. The molecule has 0 aromatic rings. The normalized spacial score (nSPS) is 52.2. The van der Waals surface area contributed by atoms with E-state index in [9.17, 15) is 20.4 Å². The van der Waals surface area contributed by atoms with E-state index >= 15 is 0 Å². The highest BCUT2D eigenvalue weighted by Crippen LogP contribution is 2.27. The molecule has 1 fully saturated rings. The SMILES string of the molecule is C[C@@H]1OC(O)([13CH2]O)[C@@H](O)[C@H](O)[C@@H]1O. The molecule has 1 aliphatic rings. The standard InChI is InChI=1S/C7H14O6/c1-3-4(9)5(10)6(11)7(12,2-8)13-3/h3-6,8-12H,2H2,1H3/t3-,4+,5+,6-,7?/m0/s1/i2+1. The lowest BCUT2D eigenvalue weighted by Gasteiger charge is -2.43. The van der Waals surface area contributed by atoms with Gasteiger partial charge in [0.25, 0.3) is 0 Å². The van der Waals surface area contributed by atoms with Crippen LogP contribution in [-0.4, -0.2) is 62.3 Å². The first-order valence-electron chi connectivity index (χ1n) is 3.97. The summed E-state index contributed by atoms with van der Waals surface area (Å²) in [5.74, 6) is -2.20. The fourth-order valence-electron chi connectivity index (χ4n) is 1.32. The Kier molecular flexibility index (Phi) is 2.91. The van der Waals surface area contributed by atoms with E-state index in [-0.39, 0.29) is 0 Å². The summed E-state index contributed by atoms with van der Waals surface area (Å²) < 4.78 is 4.76. The van der Waals surface area contributed by atoms with E-state index < -0.39 is 36.8 Å². The summed E-state index contributed by atoms with van der Waals surface area (Å²) in [5.41, 5.74) is 0. The van der Waals surface area contributed by atoms with Gasteiger partial charge < -0.3 is 30.3 Å². The molecule has 78 valence electrons. The van der Waals surface area contributed by atoms with Crippen molar-refractivity contribution in [3.8, 4) is 0 Å². The van der Waals surface area contributed by atoms with Gasteiger partial charge in [-0.3, -0.25) is 0 Å². The zero-order valence-electron chi connectivity index (χ0n) is 7.16. The molecule has 0 bridgehead atoms. The van der Waals surface area contributed by atoms with Crippen LogP contribution in [0.1, 0.15) is 6.92 Å². The van der Waals surface area contributed by atoms with E-state index in [4.69, 9.17) is 9.84 Å². The summed E-state index contributed by atoms with van der Waals surface area (Å²) >= 11 is 0. The Labute approximate surface area is 75.0 Å². The van der Waals surface area contributed by atoms with Crippen LogP contribution in [0.25, 0.3) is 0 Å². The summed E-state index contributed by atoms with van der Waals surface area (Å²) in [6, 6.07) is 0. The third-order valence-corrected chi connectivity index (χ3v) is 2.23. The minimum absolute atomic E-state index is 0.845. The van der Waals surface area contributed by atoms with Gasteiger partial charge in [-0.25, -0.2) is 0 Å². The lowest BCUT2D eigenvalue weighted by atomic mass is 9.96. The van der Waals surface area contributed by atoms with Crippen LogP contribution in [0.4, 0.5) is 0 Å². The third-order valence-electron chi connectivity index (χ3n) is 2.23. The van der Waals surface area contributed by atoms with Crippen LogP contribution in [0.15, 0.2) is 0 Å². The van der Waals surface area contributed by atoms with Crippen molar-refractivity contribution in [2.45, 2.75) is 37.1 Å². The van der Waals surface area contributed by atoms with Crippen molar-refractivity contribution in [1.82, 2.24) is 0 Å². The number of aliphatic hydroxyl groups excluding tert-OH is 4. The highest BCUT2D eigenvalue weighted by atomic mass is 16.7. The molecule has 1 rings (SSSR count). The van der Waals surface area contributed by atoms with Crippen molar-refractivity contribution >= 4 is 0 Å². The fraction of sp³-hybridized carbons (Fsp3) is 1.00. The molecule has 0 aliphatic carbocycles. The van der Waals surface area contributed by atoms with Gasteiger partial charge in [0.2, 0.25) is 5.79 Å². The van der Waals surface area contributed by atoms with Gasteiger partial charge >= 0.3 is 0 Å². The molecule has 6 nitrogen and oxygen atoms in total. The van der Waals surface area contributed by atoms with Gasteiger partial charge in [0.15, 0.2) is 0 Å². The molecule has 1 aliphatic heterocycles. The summed E-state index contributed by atoms with van der Waals surface area (Å²) in [6.07, 6.45) is -5.37. The minimum Gasteiger partial charge on any atom is -0.391 e. The number of hydrogen-bond acceptors (Lipinski definition) is 6. The van der Waals surface area contributed by atoms with Gasteiger partial charge in [-0.1, -0.05) is 0 Å². The Balaban J connectivity index is 2.82. The van der Waals surface area contributed by atoms with Gasteiger partial charge in [-0.2, -0.15) is 0 Å². The Morgan fingerprint density at radius 3 is 2.23 bits per heavy atom. The largest absolute Gasteiger partial charge is 0.391 e. The lowest BCUT2D eigenvalue weighted by Crippen LogP contribution is -2.65. The van der Waals surface area contributed by atoms with Crippen LogP contribution in [0.3, 0.4) is 0 Å².